The molecule has 3 heterocycles. The molecule has 0 unspecified atom stereocenters. The number of rotatable bonds is 6. The molecule has 0 N–H and O–H groups in total. The summed E-state index contributed by atoms with van der Waals surface area (Å²) in [6, 6.07) is 11.9. The summed E-state index contributed by atoms with van der Waals surface area (Å²) in [6.45, 7) is 8.66. The minimum Gasteiger partial charge on any atom is -0.354 e. The van der Waals surface area contributed by atoms with Gasteiger partial charge in [-0.1, -0.05) is 20.3 Å². The van der Waals surface area contributed by atoms with E-state index >= 15 is 0 Å². The van der Waals surface area contributed by atoms with Crippen LogP contribution in [0.5, 0.6) is 0 Å². The van der Waals surface area contributed by atoms with Crippen LogP contribution in [-0.4, -0.2) is 56.7 Å². The Morgan fingerprint density at radius 2 is 1.63 bits per heavy atom. The molecule has 0 aliphatic carbocycles. The number of halogens is 2. The minimum atomic E-state index is -0.360. The largest absolute Gasteiger partial charge is 0.354 e. The Bertz CT molecular complexity index is 1430. The second kappa shape index (κ2) is 10.8. The van der Waals surface area contributed by atoms with Crippen molar-refractivity contribution < 1.29 is 13.6 Å². The Morgan fingerprint density at radius 1 is 0.947 bits per heavy atom. The summed E-state index contributed by atoms with van der Waals surface area (Å²) in [4.78, 5) is 27.1. The fraction of sp³-hybridized carbons (Fsp3) is 0.379. The predicted octanol–water partition coefficient (Wildman–Crippen LogP) is 5.66. The first-order valence-electron chi connectivity index (χ1n) is 13.2. The summed E-state index contributed by atoms with van der Waals surface area (Å²) in [5.41, 5.74) is 2.70. The third kappa shape index (κ3) is 5.10. The van der Waals surface area contributed by atoms with Crippen LogP contribution in [0.4, 0.5) is 14.6 Å². The summed E-state index contributed by atoms with van der Waals surface area (Å²) < 4.78 is 28.7. The Balaban J connectivity index is 1.52. The number of carbonyl (C=O) groups is 1. The number of hydrogen-bond donors (Lipinski definition) is 0. The number of nitrogens with zero attached hydrogens (tertiary/aromatic N) is 6. The highest BCUT2D eigenvalue weighted by Crippen LogP contribution is 2.32. The maximum absolute atomic E-state index is 13.6. The van der Waals surface area contributed by atoms with Crippen LogP contribution in [0, 0.1) is 18.6 Å². The van der Waals surface area contributed by atoms with Gasteiger partial charge in [-0.25, -0.2) is 23.4 Å². The van der Waals surface area contributed by atoms with E-state index in [0.717, 1.165) is 54.2 Å². The molecule has 1 atom stereocenters. The first-order valence-corrected chi connectivity index (χ1v) is 13.2. The van der Waals surface area contributed by atoms with Gasteiger partial charge >= 0.3 is 0 Å². The van der Waals surface area contributed by atoms with Crippen molar-refractivity contribution in [3.05, 3.63) is 77.2 Å². The van der Waals surface area contributed by atoms with Crippen LogP contribution >= 0.6 is 0 Å². The Labute approximate surface area is 221 Å². The third-order valence-electron chi connectivity index (χ3n) is 7.11. The first-order chi connectivity index (χ1) is 18.4. The molecule has 0 bridgehead atoms. The molecule has 1 aliphatic rings. The maximum atomic E-state index is 13.6. The van der Waals surface area contributed by atoms with Crippen LogP contribution in [0.15, 0.2) is 48.5 Å². The SMILES string of the molecule is CCC[C@@H](C)c1nc(N2CCCN(C(=O)c3ccc(F)cc3)CC2)c2c(C)nn(-c3ccc(F)cc3)c2n1. The van der Waals surface area contributed by atoms with E-state index in [0.29, 0.717) is 30.8 Å². The average Bonchev–Trinajstić information content (AvgIpc) is 3.08. The quantitative estimate of drug-likeness (QED) is 0.330. The maximum Gasteiger partial charge on any atom is 0.253 e. The van der Waals surface area contributed by atoms with Crippen LogP contribution in [0.3, 0.4) is 0 Å². The van der Waals surface area contributed by atoms with E-state index in [1.165, 1.54) is 36.4 Å². The van der Waals surface area contributed by atoms with Crippen LogP contribution in [-0.2, 0) is 0 Å². The molecule has 1 aliphatic heterocycles. The van der Waals surface area contributed by atoms with E-state index < -0.39 is 0 Å². The molecule has 4 aromatic rings. The van der Waals surface area contributed by atoms with Gasteiger partial charge in [-0.15, -0.1) is 0 Å². The fourth-order valence-corrected chi connectivity index (χ4v) is 5.06. The van der Waals surface area contributed by atoms with Gasteiger partial charge in [0.25, 0.3) is 5.91 Å². The van der Waals surface area contributed by atoms with E-state index in [1.807, 2.05) is 11.8 Å². The van der Waals surface area contributed by atoms with Gasteiger partial charge in [0.15, 0.2) is 5.65 Å². The number of benzene rings is 2. The van der Waals surface area contributed by atoms with Gasteiger partial charge in [-0.2, -0.15) is 5.10 Å². The molecular formula is C29H32F2N6O. The van der Waals surface area contributed by atoms with Crippen molar-refractivity contribution in [2.75, 3.05) is 31.1 Å². The highest BCUT2D eigenvalue weighted by atomic mass is 19.1. The zero-order chi connectivity index (χ0) is 26.8. The molecule has 198 valence electrons. The molecule has 0 radical (unpaired) electrons. The molecule has 5 rings (SSSR count). The lowest BCUT2D eigenvalue weighted by atomic mass is 10.1. The lowest BCUT2D eigenvalue weighted by molar-refractivity contribution is 0.0767. The predicted molar refractivity (Wildman–Crippen MR) is 144 cm³/mol. The van der Waals surface area contributed by atoms with E-state index in [4.69, 9.17) is 15.1 Å². The van der Waals surface area contributed by atoms with Gasteiger partial charge in [0, 0.05) is 37.7 Å². The number of anilines is 1. The summed E-state index contributed by atoms with van der Waals surface area (Å²) in [7, 11) is 0. The highest BCUT2D eigenvalue weighted by molar-refractivity contribution is 5.94. The lowest BCUT2D eigenvalue weighted by Crippen LogP contribution is -2.35. The van der Waals surface area contributed by atoms with Gasteiger partial charge in [-0.3, -0.25) is 4.79 Å². The smallest absolute Gasteiger partial charge is 0.253 e. The van der Waals surface area contributed by atoms with Crippen LogP contribution in [0.25, 0.3) is 16.7 Å². The fourth-order valence-electron chi connectivity index (χ4n) is 5.06. The molecule has 0 saturated carbocycles. The van der Waals surface area contributed by atoms with Crippen molar-refractivity contribution in [3.63, 3.8) is 0 Å². The molecule has 38 heavy (non-hydrogen) atoms. The number of fused-ring (bicyclic) bond motifs is 1. The molecule has 9 heteroatoms. The van der Waals surface area contributed by atoms with Gasteiger partial charge in [0.1, 0.15) is 23.3 Å². The van der Waals surface area contributed by atoms with Crippen molar-refractivity contribution in [2.45, 2.75) is 46.0 Å². The van der Waals surface area contributed by atoms with Crippen LogP contribution in [0.1, 0.15) is 60.9 Å². The second-order valence-electron chi connectivity index (χ2n) is 9.91. The third-order valence-corrected chi connectivity index (χ3v) is 7.11. The molecule has 7 nitrogen and oxygen atoms in total. The van der Waals surface area contributed by atoms with Crippen molar-refractivity contribution in [2.24, 2.45) is 0 Å². The van der Waals surface area contributed by atoms with E-state index in [2.05, 4.69) is 18.7 Å². The minimum absolute atomic E-state index is 0.0998. The zero-order valence-corrected chi connectivity index (χ0v) is 22.0. The summed E-state index contributed by atoms with van der Waals surface area (Å²) in [5.74, 6) is 0.955. The molecule has 2 aromatic carbocycles. The molecule has 1 saturated heterocycles. The molecule has 0 spiro atoms. The van der Waals surface area contributed by atoms with E-state index in [9.17, 15) is 13.6 Å². The molecular weight excluding hydrogens is 486 g/mol. The van der Waals surface area contributed by atoms with Crippen LogP contribution < -0.4 is 4.90 Å². The number of aromatic nitrogens is 4. The Morgan fingerprint density at radius 3 is 2.32 bits per heavy atom. The summed E-state index contributed by atoms with van der Waals surface area (Å²) in [6.07, 6.45) is 2.73. The highest BCUT2D eigenvalue weighted by Gasteiger charge is 2.26. The Kier molecular flexibility index (Phi) is 7.35. The van der Waals surface area contributed by atoms with Gasteiger partial charge in [0.2, 0.25) is 0 Å². The summed E-state index contributed by atoms with van der Waals surface area (Å²) >= 11 is 0. The Hall–Kier alpha value is -3.88. The van der Waals surface area contributed by atoms with Gasteiger partial charge < -0.3 is 9.80 Å². The first kappa shape index (κ1) is 25.8. The van der Waals surface area contributed by atoms with Crippen molar-refractivity contribution in [1.29, 1.82) is 0 Å². The summed E-state index contributed by atoms with van der Waals surface area (Å²) in [5, 5.41) is 5.64. The molecule has 1 amide bonds. The molecule has 2 aromatic heterocycles. The average molecular weight is 519 g/mol. The topological polar surface area (TPSA) is 67.2 Å². The van der Waals surface area contributed by atoms with E-state index in [1.54, 1.807) is 16.8 Å². The van der Waals surface area contributed by atoms with Gasteiger partial charge in [0.05, 0.1) is 16.8 Å². The number of hydrogen-bond acceptors (Lipinski definition) is 5. The van der Waals surface area contributed by atoms with Crippen molar-refractivity contribution in [1.82, 2.24) is 24.6 Å². The monoisotopic (exact) mass is 518 g/mol. The standard InChI is InChI=1S/C29H32F2N6O/c1-4-6-19(2)26-32-27(25-20(3)34-37(28(25)33-26)24-13-11-23(31)12-14-24)35-15-5-16-36(18-17-35)29(38)21-7-9-22(30)10-8-21/h7-14,19H,4-6,15-18H2,1-3H3/t19-/m1/s1. The van der Waals surface area contributed by atoms with Crippen molar-refractivity contribution in [3.8, 4) is 5.69 Å². The van der Waals surface area contributed by atoms with Crippen molar-refractivity contribution >= 4 is 22.8 Å². The number of aryl methyl sites for hydroxylation is 1. The second-order valence-corrected chi connectivity index (χ2v) is 9.91. The molecule has 1 fully saturated rings. The number of amides is 1. The van der Waals surface area contributed by atoms with E-state index in [-0.39, 0.29) is 23.5 Å². The zero-order valence-electron chi connectivity index (χ0n) is 22.0. The van der Waals surface area contributed by atoms with Gasteiger partial charge in [-0.05, 0) is 68.3 Å². The normalized spacial score (nSPS) is 15.1. The number of carbonyl (C=O) groups excluding carboxylic acids is 1. The van der Waals surface area contributed by atoms with Crippen LogP contribution in [0.2, 0.25) is 0 Å². The lowest BCUT2D eigenvalue weighted by Gasteiger charge is -2.24.